The van der Waals surface area contributed by atoms with Gasteiger partial charge >= 0.3 is 6.03 Å². The van der Waals surface area contributed by atoms with Gasteiger partial charge in [-0.05, 0) is 32.6 Å². The summed E-state index contributed by atoms with van der Waals surface area (Å²) in [6.45, 7) is 3.39. The lowest BCUT2D eigenvalue weighted by atomic mass is 9.88. The van der Waals surface area contributed by atoms with Crippen molar-refractivity contribution in [1.82, 2.24) is 10.2 Å². The summed E-state index contributed by atoms with van der Waals surface area (Å²) >= 11 is 0. The number of aryl methyl sites for hydroxylation is 1. The number of hydrogen-bond donors (Lipinski definition) is 1. The number of carbonyl (C=O) groups is 2. The molecule has 1 heterocycles. The highest BCUT2D eigenvalue weighted by atomic mass is 16.2. The van der Waals surface area contributed by atoms with Crippen molar-refractivity contribution in [1.29, 1.82) is 0 Å². The number of hydrogen-bond acceptors (Lipinski definition) is 2. The summed E-state index contributed by atoms with van der Waals surface area (Å²) < 4.78 is 0. The van der Waals surface area contributed by atoms with Crippen LogP contribution in [0.3, 0.4) is 0 Å². The average molecular weight is 328 g/mol. The van der Waals surface area contributed by atoms with E-state index in [1.165, 1.54) is 24.8 Å². The van der Waals surface area contributed by atoms with Gasteiger partial charge in [0.05, 0.1) is 0 Å². The second-order valence-corrected chi connectivity index (χ2v) is 7.28. The maximum absolute atomic E-state index is 12.6. The van der Waals surface area contributed by atoms with Crippen molar-refractivity contribution >= 4 is 11.8 Å². The highest BCUT2D eigenvalue weighted by Gasteiger charge is 2.28. The molecular formula is C20H28N2O2. The highest BCUT2D eigenvalue weighted by molar-refractivity contribution is 5.98. The Labute approximate surface area is 144 Å². The fraction of sp³-hybridized carbons (Fsp3) is 0.600. The van der Waals surface area contributed by atoms with Crippen LogP contribution in [-0.2, 0) is 0 Å². The third kappa shape index (κ3) is 4.16. The second kappa shape index (κ2) is 7.82. The standard InChI is InChI=1S/C20H28N2O2/c1-15-7-9-16(10-8-15)19(23)17-11-13-22(14-12-17)20(24)21-18-5-3-2-4-6-18/h7-10,17-18H,2-6,11-14H2,1H3,(H,21,24). The lowest BCUT2D eigenvalue weighted by molar-refractivity contribution is 0.0852. The number of amides is 2. The Bertz CT molecular complexity index is 568. The van der Waals surface area contributed by atoms with Crippen LogP contribution in [0.1, 0.15) is 60.9 Å². The molecule has 4 nitrogen and oxygen atoms in total. The number of urea groups is 1. The Balaban J connectivity index is 1.48. The van der Waals surface area contributed by atoms with E-state index in [2.05, 4.69) is 5.32 Å². The van der Waals surface area contributed by atoms with E-state index < -0.39 is 0 Å². The van der Waals surface area contributed by atoms with Crippen LogP contribution in [0, 0.1) is 12.8 Å². The minimum atomic E-state index is 0.0476. The van der Waals surface area contributed by atoms with Gasteiger partial charge in [0.15, 0.2) is 5.78 Å². The van der Waals surface area contributed by atoms with Gasteiger partial charge in [-0.15, -0.1) is 0 Å². The summed E-state index contributed by atoms with van der Waals surface area (Å²) in [5.74, 6) is 0.272. The molecule has 0 spiro atoms. The van der Waals surface area contributed by atoms with E-state index in [0.717, 1.165) is 31.2 Å². The number of likely N-dealkylation sites (tertiary alicyclic amines) is 1. The van der Waals surface area contributed by atoms with Crippen LogP contribution in [0.5, 0.6) is 0 Å². The number of benzene rings is 1. The highest BCUT2D eigenvalue weighted by Crippen LogP contribution is 2.23. The minimum Gasteiger partial charge on any atom is -0.335 e. The van der Waals surface area contributed by atoms with Gasteiger partial charge in [-0.1, -0.05) is 49.1 Å². The topological polar surface area (TPSA) is 49.4 Å². The molecular weight excluding hydrogens is 300 g/mol. The fourth-order valence-electron chi connectivity index (χ4n) is 3.81. The molecule has 1 saturated carbocycles. The van der Waals surface area contributed by atoms with Crippen LogP contribution < -0.4 is 5.32 Å². The number of ketones is 1. The molecule has 0 aromatic heterocycles. The number of Topliss-reactive ketones (excluding diaryl/α,β-unsaturated/α-hetero) is 1. The van der Waals surface area contributed by atoms with E-state index in [4.69, 9.17) is 0 Å². The molecule has 1 aromatic rings. The summed E-state index contributed by atoms with van der Waals surface area (Å²) in [5, 5.41) is 3.17. The Hall–Kier alpha value is -1.84. The van der Waals surface area contributed by atoms with Crippen molar-refractivity contribution in [3.05, 3.63) is 35.4 Å². The molecule has 3 rings (SSSR count). The van der Waals surface area contributed by atoms with Crippen LogP contribution in [0.4, 0.5) is 4.79 Å². The van der Waals surface area contributed by atoms with Crippen LogP contribution in [0.25, 0.3) is 0 Å². The van der Waals surface area contributed by atoms with Crippen molar-refractivity contribution in [3.8, 4) is 0 Å². The third-order valence-corrected chi connectivity index (χ3v) is 5.42. The van der Waals surface area contributed by atoms with E-state index in [0.29, 0.717) is 19.1 Å². The van der Waals surface area contributed by atoms with Crippen molar-refractivity contribution in [3.63, 3.8) is 0 Å². The van der Waals surface area contributed by atoms with Crippen molar-refractivity contribution in [2.45, 2.75) is 57.9 Å². The average Bonchev–Trinajstić information content (AvgIpc) is 2.63. The molecule has 0 radical (unpaired) electrons. The number of rotatable bonds is 3. The lowest BCUT2D eigenvalue weighted by Gasteiger charge is -2.33. The Morgan fingerprint density at radius 2 is 1.58 bits per heavy atom. The molecule has 2 fully saturated rings. The molecule has 0 bridgehead atoms. The molecule has 1 aromatic carbocycles. The first kappa shape index (κ1) is 17.0. The monoisotopic (exact) mass is 328 g/mol. The number of nitrogens with one attached hydrogen (secondary N) is 1. The zero-order valence-electron chi connectivity index (χ0n) is 14.6. The van der Waals surface area contributed by atoms with Crippen molar-refractivity contribution < 1.29 is 9.59 Å². The van der Waals surface area contributed by atoms with Gasteiger partial charge in [0.25, 0.3) is 0 Å². The number of carbonyl (C=O) groups excluding carboxylic acids is 2. The smallest absolute Gasteiger partial charge is 0.317 e. The largest absolute Gasteiger partial charge is 0.335 e. The van der Waals surface area contributed by atoms with Crippen LogP contribution in [0.2, 0.25) is 0 Å². The van der Waals surface area contributed by atoms with Gasteiger partial charge in [-0.2, -0.15) is 0 Å². The van der Waals surface area contributed by atoms with Gasteiger partial charge < -0.3 is 10.2 Å². The summed E-state index contributed by atoms with van der Waals surface area (Å²) in [6, 6.07) is 8.21. The van der Waals surface area contributed by atoms with Gasteiger partial charge in [0.2, 0.25) is 0 Å². The van der Waals surface area contributed by atoms with Crippen molar-refractivity contribution in [2.75, 3.05) is 13.1 Å². The molecule has 0 atom stereocenters. The molecule has 0 unspecified atom stereocenters. The molecule has 1 saturated heterocycles. The summed E-state index contributed by atoms with van der Waals surface area (Å²) in [7, 11) is 0. The summed E-state index contributed by atoms with van der Waals surface area (Å²) in [5.41, 5.74) is 1.96. The molecule has 1 aliphatic heterocycles. The van der Waals surface area contributed by atoms with E-state index in [9.17, 15) is 9.59 Å². The molecule has 4 heteroatoms. The van der Waals surface area contributed by atoms with E-state index >= 15 is 0 Å². The zero-order valence-corrected chi connectivity index (χ0v) is 14.6. The summed E-state index contributed by atoms with van der Waals surface area (Å²) in [6.07, 6.45) is 7.48. The fourth-order valence-corrected chi connectivity index (χ4v) is 3.81. The predicted octanol–water partition coefficient (Wildman–Crippen LogP) is 3.93. The molecule has 1 N–H and O–H groups in total. The maximum Gasteiger partial charge on any atom is 0.317 e. The van der Waals surface area contributed by atoms with Gasteiger partial charge in [0.1, 0.15) is 0 Å². The second-order valence-electron chi connectivity index (χ2n) is 7.28. The van der Waals surface area contributed by atoms with E-state index in [1.807, 2.05) is 36.1 Å². The molecule has 2 amide bonds. The maximum atomic E-state index is 12.6. The quantitative estimate of drug-likeness (QED) is 0.855. The van der Waals surface area contributed by atoms with Crippen LogP contribution in [0.15, 0.2) is 24.3 Å². The number of nitrogens with zero attached hydrogens (tertiary/aromatic N) is 1. The first-order valence-electron chi connectivity index (χ1n) is 9.30. The zero-order chi connectivity index (χ0) is 16.9. The summed E-state index contributed by atoms with van der Waals surface area (Å²) in [4.78, 5) is 26.8. The number of piperidine rings is 1. The molecule has 2 aliphatic rings. The van der Waals surface area contributed by atoms with Gasteiger partial charge in [-0.3, -0.25) is 4.79 Å². The van der Waals surface area contributed by atoms with Crippen LogP contribution >= 0.6 is 0 Å². The first-order valence-corrected chi connectivity index (χ1v) is 9.30. The van der Waals surface area contributed by atoms with Gasteiger partial charge in [-0.25, -0.2) is 4.79 Å². The van der Waals surface area contributed by atoms with Crippen LogP contribution in [-0.4, -0.2) is 35.8 Å². The van der Waals surface area contributed by atoms with E-state index in [-0.39, 0.29) is 17.7 Å². The molecule has 130 valence electrons. The lowest BCUT2D eigenvalue weighted by Crippen LogP contribution is -2.48. The third-order valence-electron chi connectivity index (χ3n) is 5.42. The SMILES string of the molecule is Cc1ccc(C(=O)C2CCN(C(=O)NC3CCCCC3)CC2)cc1. The van der Waals surface area contributed by atoms with E-state index in [1.54, 1.807) is 0 Å². The predicted molar refractivity (Wildman–Crippen MR) is 95.2 cm³/mol. The minimum absolute atomic E-state index is 0.0476. The van der Waals surface area contributed by atoms with Gasteiger partial charge in [0, 0.05) is 30.6 Å². The Morgan fingerprint density at radius 1 is 0.958 bits per heavy atom. The normalized spacial score (nSPS) is 20.0. The molecule has 1 aliphatic carbocycles. The first-order chi connectivity index (χ1) is 11.6. The Morgan fingerprint density at radius 3 is 2.21 bits per heavy atom. The Kier molecular flexibility index (Phi) is 5.54. The molecule has 24 heavy (non-hydrogen) atoms. The van der Waals surface area contributed by atoms with Crippen molar-refractivity contribution in [2.24, 2.45) is 5.92 Å².